The van der Waals surface area contributed by atoms with E-state index in [-0.39, 0.29) is 5.03 Å². The van der Waals surface area contributed by atoms with E-state index in [1.807, 2.05) is 4.57 Å². The van der Waals surface area contributed by atoms with Crippen molar-refractivity contribution in [1.29, 1.82) is 0 Å². The third kappa shape index (κ3) is 2.77. The molecule has 1 aliphatic rings. The van der Waals surface area contributed by atoms with Gasteiger partial charge in [-0.2, -0.15) is 0 Å². The van der Waals surface area contributed by atoms with E-state index in [0.29, 0.717) is 6.04 Å². The minimum absolute atomic E-state index is 0.0431. The zero-order chi connectivity index (χ0) is 11.6. The Labute approximate surface area is 100 Å². The Kier molecular flexibility index (Phi) is 3.54. The number of nitrogens with zero attached hydrogens (tertiary/aromatic N) is 2. The highest BCUT2D eigenvalue weighted by molar-refractivity contribution is 8.13. The van der Waals surface area contributed by atoms with Crippen LogP contribution in [0.1, 0.15) is 44.6 Å². The Morgan fingerprint density at radius 2 is 1.88 bits per heavy atom. The molecule has 4 nitrogen and oxygen atoms in total. The van der Waals surface area contributed by atoms with Gasteiger partial charge in [-0.05, 0) is 12.8 Å². The van der Waals surface area contributed by atoms with Crippen molar-refractivity contribution >= 4 is 19.7 Å². The molecular weight excluding hydrogens is 248 g/mol. The van der Waals surface area contributed by atoms with Gasteiger partial charge in [-0.3, -0.25) is 0 Å². The van der Waals surface area contributed by atoms with Crippen LogP contribution in [0.4, 0.5) is 0 Å². The fraction of sp³-hybridized carbons (Fsp3) is 0.700. The Morgan fingerprint density at radius 3 is 2.38 bits per heavy atom. The lowest BCUT2D eigenvalue weighted by molar-refractivity contribution is 0.442. The molecule has 0 bridgehead atoms. The maximum absolute atomic E-state index is 11.1. The molecule has 0 aliphatic heterocycles. The molecule has 0 atom stereocenters. The number of aromatic nitrogens is 2. The normalized spacial score (nSPS) is 19.6. The van der Waals surface area contributed by atoms with Gasteiger partial charge in [-0.15, -0.1) is 0 Å². The van der Waals surface area contributed by atoms with Crippen molar-refractivity contribution in [3.63, 3.8) is 0 Å². The summed E-state index contributed by atoms with van der Waals surface area (Å²) in [5.74, 6) is 0. The predicted octanol–water partition coefficient (Wildman–Crippen LogP) is 2.71. The van der Waals surface area contributed by atoms with Crippen molar-refractivity contribution in [2.24, 2.45) is 0 Å². The van der Waals surface area contributed by atoms with Gasteiger partial charge in [0.15, 0.2) is 5.03 Å². The lowest BCUT2D eigenvalue weighted by Crippen LogP contribution is -2.05. The van der Waals surface area contributed by atoms with Crippen LogP contribution in [0.15, 0.2) is 17.6 Å². The largest absolute Gasteiger partial charge is 0.333 e. The van der Waals surface area contributed by atoms with Gasteiger partial charge in [0, 0.05) is 22.9 Å². The van der Waals surface area contributed by atoms with Crippen LogP contribution in [-0.4, -0.2) is 18.0 Å². The van der Waals surface area contributed by atoms with Crippen molar-refractivity contribution in [2.45, 2.75) is 49.6 Å². The Morgan fingerprint density at radius 1 is 1.25 bits per heavy atom. The smallest absolute Gasteiger partial charge is 0.280 e. The lowest BCUT2D eigenvalue weighted by Gasteiger charge is -2.14. The molecule has 6 heteroatoms. The van der Waals surface area contributed by atoms with Crippen molar-refractivity contribution in [3.05, 3.63) is 12.5 Å². The van der Waals surface area contributed by atoms with Crippen LogP contribution in [0.2, 0.25) is 0 Å². The number of hydrogen-bond donors (Lipinski definition) is 0. The second-order valence-electron chi connectivity index (χ2n) is 4.24. The minimum Gasteiger partial charge on any atom is -0.333 e. The summed E-state index contributed by atoms with van der Waals surface area (Å²) in [5, 5.41) is -0.0431. The number of hydrogen-bond acceptors (Lipinski definition) is 3. The molecule has 90 valence electrons. The van der Waals surface area contributed by atoms with Gasteiger partial charge in [0.05, 0.1) is 6.33 Å². The van der Waals surface area contributed by atoms with Gasteiger partial charge in [-0.1, -0.05) is 25.7 Å². The topological polar surface area (TPSA) is 52.0 Å². The minimum atomic E-state index is -3.69. The van der Waals surface area contributed by atoms with Gasteiger partial charge < -0.3 is 4.57 Å². The monoisotopic (exact) mass is 262 g/mol. The maximum atomic E-state index is 11.1. The fourth-order valence-electron chi connectivity index (χ4n) is 2.20. The second kappa shape index (κ2) is 4.75. The number of imidazole rings is 1. The molecule has 1 heterocycles. The molecule has 2 rings (SSSR count). The summed E-state index contributed by atoms with van der Waals surface area (Å²) >= 11 is 0. The third-order valence-corrected chi connectivity index (χ3v) is 4.26. The summed E-state index contributed by atoms with van der Waals surface area (Å²) in [7, 11) is 1.55. The molecule has 16 heavy (non-hydrogen) atoms. The van der Waals surface area contributed by atoms with Crippen LogP contribution in [-0.2, 0) is 9.05 Å². The van der Waals surface area contributed by atoms with Gasteiger partial charge in [0.25, 0.3) is 9.05 Å². The summed E-state index contributed by atoms with van der Waals surface area (Å²) in [6, 6.07) is 0.377. The van der Waals surface area contributed by atoms with E-state index < -0.39 is 9.05 Å². The highest BCUT2D eigenvalue weighted by Gasteiger charge is 2.18. The summed E-state index contributed by atoms with van der Waals surface area (Å²) in [5.41, 5.74) is 0. The van der Waals surface area contributed by atoms with Crippen molar-refractivity contribution in [2.75, 3.05) is 0 Å². The fourth-order valence-corrected chi connectivity index (χ4v) is 2.86. The molecule has 1 aliphatic carbocycles. The third-order valence-electron chi connectivity index (χ3n) is 3.07. The highest BCUT2D eigenvalue weighted by Crippen LogP contribution is 2.27. The first-order chi connectivity index (χ1) is 7.57. The van der Waals surface area contributed by atoms with Gasteiger partial charge in [0.1, 0.15) is 0 Å². The van der Waals surface area contributed by atoms with E-state index in [0.717, 1.165) is 12.8 Å². The predicted molar refractivity (Wildman–Crippen MR) is 62.0 cm³/mol. The van der Waals surface area contributed by atoms with Gasteiger partial charge in [-0.25, -0.2) is 13.4 Å². The van der Waals surface area contributed by atoms with Crippen LogP contribution < -0.4 is 0 Å². The van der Waals surface area contributed by atoms with E-state index in [1.54, 1.807) is 12.5 Å². The average Bonchev–Trinajstić information content (AvgIpc) is 2.55. The maximum Gasteiger partial charge on any atom is 0.280 e. The van der Waals surface area contributed by atoms with Gasteiger partial charge >= 0.3 is 0 Å². The van der Waals surface area contributed by atoms with Crippen molar-refractivity contribution in [3.8, 4) is 0 Å². The van der Waals surface area contributed by atoms with Crippen LogP contribution in [0.3, 0.4) is 0 Å². The molecule has 1 aromatic rings. The van der Waals surface area contributed by atoms with Crippen LogP contribution in [0.5, 0.6) is 0 Å². The van der Waals surface area contributed by atoms with Gasteiger partial charge in [0.2, 0.25) is 0 Å². The summed E-state index contributed by atoms with van der Waals surface area (Å²) in [4.78, 5) is 3.84. The van der Waals surface area contributed by atoms with E-state index in [9.17, 15) is 8.42 Å². The quantitative estimate of drug-likeness (QED) is 0.608. The second-order valence-corrected chi connectivity index (χ2v) is 6.76. The van der Waals surface area contributed by atoms with E-state index in [4.69, 9.17) is 10.7 Å². The van der Waals surface area contributed by atoms with Crippen molar-refractivity contribution in [1.82, 2.24) is 9.55 Å². The van der Waals surface area contributed by atoms with E-state index in [1.165, 1.54) is 25.7 Å². The zero-order valence-electron chi connectivity index (χ0n) is 8.97. The molecule has 0 unspecified atom stereocenters. The zero-order valence-corrected chi connectivity index (χ0v) is 10.5. The first-order valence-electron chi connectivity index (χ1n) is 5.55. The van der Waals surface area contributed by atoms with Crippen LogP contribution in [0.25, 0.3) is 0 Å². The Hall–Kier alpha value is -0.550. The molecule has 0 amide bonds. The Balaban J connectivity index is 2.17. The molecular formula is C10H15ClN2O2S. The van der Waals surface area contributed by atoms with Crippen LogP contribution >= 0.6 is 10.7 Å². The highest BCUT2D eigenvalue weighted by atomic mass is 35.7. The summed E-state index contributed by atoms with van der Waals surface area (Å²) in [6.45, 7) is 0. The number of rotatable bonds is 2. The first kappa shape index (κ1) is 11.9. The molecule has 0 spiro atoms. The summed E-state index contributed by atoms with van der Waals surface area (Å²) < 4.78 is 24.1. The molecule has 0 radical (unpaired) electrons. The molecule has 1 aromatic heterocycles. The molecule has 0 aromatic carbocycles. The van der Waals surface area contributed by atoms with E-state index in [2.05, 4.69) is 4.98 Å². The molecule has 0 N–H and O–H groups in total. The van der Waals surface area contributed by atoms with E-state index >= 15 is 0 Å². The Bertz CT molecular complexity index is 447. The molecule has 1 fully saturated rings. The lowest BCUT2D eigenvalue weighted by atomic mass is 10.1. The average molecular weight is 263 g/mol. The van der Waals surface area contributed by atoms with Crippen LogP contribution in [0, 0.1) is 0 Å². The molecule has 0 saturated heterocycles. The van der Waals surface area contributed by atoms with Crippen molar-refractivity contribution < 1.29 is 8.42 Å². The SMILES string of the molecule is O=S(=O)(Cl)c1cn(C2CCCCCC2)cn1. The first-order valence-corrected chi connectivity index (χ1v) is 7.86. The summed E-state index contributed by atoms with van der Waals surface area (Å²) in [6.07, 6.45) is 10.2. The molecule has 1 saturated carbocycles. The standard InChI is InChI=1S/C10H15ClN2O2S/c11-16(14,15)10-7-13(8-12-10)9-5-3-1-2-4-6-9/h7-9H,1-6H2. The number of halogens is 1.